The van der Waals surface area contributed by atoms with E-state index >= 15 is 0 Å². The highest BCUT2D eigenvalue weighted by molar-refractivity contribution is 5.97. The van der Waals surface area contributed by atoms with Crippen LogP contribution in [-0.4, -0.2) is 60.1 Å². The molecule has 1 aromatic heterocycles. The van der Waals surface area contributed by atoms with E-state index in [1.807, 2.05) is 18.2 Å². The molecule has 0 atom stereocenters. The SMILES string of the molecule is Nc1c(NC(=O)NCCCN2CCOCC2)c(-c2ccccc2)nn1-c1cc(F)ccc1F. The second-order valence-electron chi connectivity index (χ2n) is 7.67. The summed E-state index contributed by atoms with van der Waals surface area (Å²) >= 11 is 0. The van der Waals surface area contributed by atoms with Crippen molar-refractivity contribution >= 4 is 17.5 Å². The maximum absolute atomic E-state index is 14.4. The Kier molecular flexibility index (Phi) is 7.16. The first-order valence-electron chi connectivity index (χ1n) is 10.8. The van der Waals surface area contributed by atoms with Crippen LogP contribution in [0.2, 0.25) is 0 Å². The van der Waals surface area contributed by atoms with E-state index < -0.39 is 17.7 Å². The van der Waals surface area contributed by atoms with Gasteiger partial charge in [-0.25, -0.2) is 18.3 Å². The van der Waals surface area contributed by atoms with Gasteiger partial charge in [0.25, 0.3) is 0 Å². The number of aromatic nitrogens is 2. The number of hydrogen-bond donors (Lipinski definition) is 3. The van der Waals surface area contributed by atoms with Crippen LogP contribution in [0.3, 0.4) is 0 Å². The number of ether oxygens (including phenoxy) is 1. The molecule has 4 rings (SSSR count). The zero-order valence-electron chi connectivity index (χ0n) is 18.1. The van der Waals surface area contributed by atoms with Crippen LogP contribution in [0.1, 0.15) is 6.42 Å². The molecule has 33 heavy (non-hydrogen) atoms. The van der Waals surface area contributed by atoms with Crippen LogP contribution in [0.25, 0.3) is 16.9 Å². The van der Waals surface area contributed by atoms with E-state index in [1.54, 1.807) is 12.1 Å². The molecule has 1 aliphatic rings. The topological polar surface area (TPSA) is 97.4 Å². The van der Waals surface area contributed by atoms with Crippen LogP contribution in [-0.2, 0) is 4.74 Å². The van der Waals surface area contributed by atoms with Crippen molar-refractivity contribution in [3.8, 4) is 16.9 Å². The van der Waals surface area contributed by atoms with Crippen LogP contribution >= 0.6 is 0 Å². The minimum Gasteiger partial charge on any atom is -0.382 e. The number of urea groups is 1. The van der Waals surface area contributed by atoms with Gasteiger partial charge in [-0.15, -0.1) is 0 Å². The Labute approximate surface area is 190 Å². The lowest BCUT2D eigenvalue weighted by Crippen LogP contribution is -2.38. The van der Waals surface area contributed by atoms with Crippen molar-refractivity contribution in [3.05, 3.63) is 60.2 Å². The highest BCUT2D eigenvalue weighted by Gasteiger charge is 2.22. The third-order valence-electron chi connectivity index (χ3n) is 5.38. The fourth-order valence-corrected chi connectivity index (χ4v) is 3.67. The molecule has 2 heterocycles. The summed E-state index contributed by atoms with van der Waals surface area (Å²) in [4.78, 5) is 14.9. The van der Waals surface area contributed by atoms with Gasteiger partial charge in [-0.1, -0.05) is 30.3 Å². The van der Waals surface area contributed by atoms with Crippen molar-refractivity contribution in [1.29, 1.82) is 0 Å². The average Bonchev–Trinajstić information content (AvgIpc) is 3.15. The molecule has 0 spiro atoms. The Morgan fingerprint density at radius 1 is 1.12 bits per heavy atom. The highest BCUT2D eigenvalue weighted by atomic mass is 19.1. The molecule has 1 saturated heterocycles. The molecule has 0 radical (unpaired) electrons. The second kappa shape index (κ2) is 10.4. The first-order chi connectivity index (χ1) is 16.0. The number of carbonyl (C=O) groups is 1. The molecule has 10 heteroatoms. The molecule has 0 unspecified atom stereocenters. The first kappa shape index (κ1) is 22.7. The van der Waals surface area contributed by atoms with Gasteiger partial charge >= 0.3 is 6.03 Å². The number of anilines is 2. The van der Waals surface area contributed by atoms with Crippen LogP contribution < -0.4 is 16.4 Å². The van der Waals surface area contributed by atoms with Crippen molar-refractivity contribution in [3.63, 3.8) is 0 Å². The van der Waals surface area contributed by atoms with Gasteiger partial charge in [-0.05, 0) is 25.1 Å². The fourth-order valence-electron chi connectivity index (χ4n) is 3.67. The molecule has 8 nitrogen and oxygen atoms in total. The predicted molar refractivity (Wildman–Crippen MR) is 122 cm³/mol. The van der Waals surface area contributed by atoms with Crippen LogP contribution in [0.15, 0.2) is 48.5 Å². The van der Waals surface area contributed by atoms with Crippen LogP contribution in [0.5, 0.6) is 0 Å². The smallest absolute Gasteiger partial charge is 0.319 e. The number of nitrogens with two attached hydrogens (primary N) is 1. The first-order valence-corrected chi connectivity index (χ1v) is 10.8. The number of hydrogen-bond acceptors (Lipinski definition) is 5. The largest absolute Gasteiger partial charge is 0.382 e. The molecule has 2 aromatic carbocycles. The lowest BCUT2D eigenvalue weighted by Gasteiger charge is -2.26. The van der Waals surface area contributed by atoms with E-state index in [-0.39, 0.29) is 17.2 Å². The molecule has 0 bridgehead atoms. The maximum atomic E-state index is 14.4. The molecule has 0 aliphatic carbocycles. The van der Waals surface area contributed by atoms with Gasteiger partial charge in [0.15, 0.2) is 5.82 Å². The molecule has 3 aromatic rings. The van der Waals surface area contributed by atoms with Gasteiger partial charge < -0.3 is 21.1 Å². The minimum absolute atomic E-state index is 0.0122. The average molecular weight is 456 g/mol. The van der Waals surface area contributed by atoms with E-state index in [1.165, 1.54) is 0 Å². The number of morpholine rings is 1. The molecule has 174 valence electrons. The van der Waals surface area contributed by atoms with Crippen LogP contribution in [0.4, 0.5) is 25.1 Å². The standard InChI is InChI=1S/C23H26F2N6O2/c24-17-7-8-18(25)19(15-17)31-22(26)21(20(29-31)16-5-2-1-3-6-16)28-23(32)27-9-4-10-30-11-13-33-14-12-30/h1-3,5-8,15H,4,9-14,26H2,(H2,27,28,32). The van der Waals surface area contributed by atoms with Crippen molar-refractivity contribution in [2.45, 2.75) is 6.42 Å². The third kappa shape index (κ3) is 5.47. The molecule has 1 fully saturated rings. The Morgan fingerprint density at radius 2 is 1.88 bits per heavy atom. The molecule has 4 N–H and O–H groups in total. The van der Waals surface area contributed by atoms with Crippen molar-refractivity contribution in [2.24, 2.45) is 0 Å². The number of benzene rings is 2. The number of halogens is 2. The van der Waals surface area contributed by atoms with Gasteiger partial charge in [-0.2, -0.15) is 5.10 Å². The summed E-state index contributed by atoms with van der Waals surface area (Å²) in [7, 11) is 0. The number of nitrogen functional groups attached to an aromatic ring is 1. The van der Waals surface area contributed by atoms with E-state index in [9.17, 15) is 13.6 Å². The highest BCUT2D eigenvalue weighted by Crippen LogP contribution is 2.34. The van der Waals surface area contributed by atoms with Gasteiger partial charge in [-0.3, -0.25) is 4.90 Å². The molecule has 0 saturated carbocycles. The fraction of sp³-hybridized carbons (Fsp3) is 0.304. The summed E-state index contributed by atoms with van der Waals surface area (Å²) in [5, 5.41) is 9.93. The summed E-state index contributed by atoms with van der Waals surface area (Å²) in [5.74, 6) is -1.33. The molecular formula is C23H26F2N6O2. The quantitative estimate of drug-likeness (QED) is 0.474. The number of carbonyl (C=O) groups excluding carboxylic acids is 1. The summed E-state index contributed by atoms with van der Waals surface area (Å²) in [6.07, 6.45) is 0.780. The molecule has 2 amide bonds. The lowest BCUT2D eigenvalue weighted by atomic mass is 10.1. The number of amides is 2. The van der Waals surface area contributed by atoms with E-state index in [0.29, 0.717) is 17.8 Å². The Morgan fingerprint density at radius 3 is 2.64 bits per heavy atom. The van der Waals surface area contributed by atoms with Gasteiger partial charge in [0.2, 0.25) is 0 Å². The van der Waals surface area contributed by atoms with Crippen LogP contribution in [0, 0.1) is 11.6 Å². The second-order valence-corrected chi connectivity index (χ2v) is 7.67. The summed E-state index contributed by atoms with van der Waals surface area (Å²) in [6, 6.07) is 11.6. The van der Waals surface area contributed by atoms with E-state index in [4.69, 9.17) is 10.5 Å². The lowest BCUT2D eigenvalue weighted by molar-refractivity contribution is 0.0375. The summed E-state index contributed by atoms with van der Waals surface area (Å²) in [6.45, 7) is 4.56. The van der Waals surface area contributed by atoms with Crippen molar-refractivity contribution in [2.75, 3.05) is 50.4 Å². The molecule has 1 aliphatic heterocycles. The van der Waals surface area contributed by atoms with Crippen molar-refractivity contribution in [1.82, 2.24) is 20.0 Å². The summed E-state index contributed by atoms with van der Waals surface area (Å²) in [5.41, 5.74) is 7.33. The maximum Gasteiger partial charge on any atom is 0.319 e. The predicted octanol–water partition coefficient (Wildman–Crippen LogP) is 3.24. The molecular weight excluding hydrogens is 430 g/mol. The Hall–Kier alpha value is -3.50. The Bertz CT molecular complexity index is 1100. The Balaban J connectivity index is 1.51. The minimum atomic E-state index is -0.690. The van der Waals surface area contributed by atoms with Gasteiger partial charge in [0.05, 0.1) is 13.2 Å². The zero-order valence-corrected chi connectivity index (χ0v) is 18.1. The van der Waals surface area contributed by atoms with E-state index in [0.717, 1.165) is 62.1 Å². The number of rotatable bonds is 7. The normalized spacial score (nSPS) is 14.2. The zero-order chi connectivity index (χ0) is 23.2. The van der Waals surface area contributed by atoms with E-state index in [2.05, 4.69) is 20.6 Å². The van der Waals surface area contributed by atoms with Crippen molar-refractivity contribution < 1.29 is 18.3 Å². The van der Waals surface area contributed by atoms with Gasteiger partial charge in [0.1, 0.15) is 28.7 Å². The number of nitrogens with one attached hydrogen (secondary N) is 2. The third-order valence-corrected chi connectivity index (χ3v) is 5.38. The monoisotopic (exact) mass is 456 g/mol. The van der Waals surface area contributed by atoms with Gasteiger partial charge in [0, 0.05) is 31.3 Å². The summed E-state index contributed by atoms with van der Waals surface area (Å²) < 4.78 is 34.6. The number of nitrogens with zero attached hydrogens (tertiary/aromatic N) is 3.